The van der Waals surface area contributed by atoms with Crippen LogP contribution in [-0.2, 0) is 9.47 Å². The smallest absolute Gasteiger partial charge is 0.184 e. The number of ether oxygens (including phenoxy) is 2. The van der Waals surface area contributed by atoms with Crippen LogP contribution in [-0.4, -0.2) is 18.2 Å². The molecule has 18 heavy (non-hydrogen) atoms. The molecule has 3 rings (SSSR count). The van der Waals surface area contributed by atoms with E-state index >= 15 is 0 Å². The predicted molar refractivity (Wildman–Crippen MR) is 68.7 cm³/mol. The van der Waals surface area contributed by atoms with Crippen LogP contribution in [0, 0.1) is 0 Å². The molecule has 2 heterocycles. The van der Waals surface area contributed by atoms with Crippen LogP contribution in [0.3, 0.4) is 0 Å². The lowest BCUT2D eigenvalue weighted by molar-refractivity contribution is -0.0440. The first-order chi connectivity index (χ1) is 8.83. The molecule has 4 heteroatoms. The lowest BCUT2D eigenvalue weighted by Crippen LogP contribution is -1.98. The summed E-state index contributed by atoms with van der Waals surface area (Å²) in [7, 11) is 0. The number of anilines is 1. The van der Waals surface area contributed by atoms with Gasteiger partial charge < -0.3 is 15.2 Å². The van der Waals surface area contributed by atoms with Crippen LogP contribution in [0.1, 0.15) is 11.9 Å². The summed E-state index contributed by atoms with van der Waals surface area (Å²) in [6.07, 6.45) is 1.52. The number of benzene rings is 1. The van der Waals surface area contributed by atoms with Gasteiger partial charge in [0.1, 0.15) is 5.82 Å². The Morgan fingerprint density at radius 1 is 1.06 bits per heavy atom. The molecule has 0 radical (unpaired) electrons. The van der Waals surface area contributed by atoms with E-state index in [1.54, 1.807) is 12.3 Å². The van der Waals surface area contributed by atoms with Crippen LogP contribution in [0.2, 0.25) is 0 Å². The van der Waals surface area contributed by atoms with Crippen molar-refractivity contribution in [2.24, 2.45) is 0 Å². The maximum absolute atomic E-state index is 5.58. The standard InChI is InChI=1S/C14H14N2O2/c15-13-5-4-12(9-16-13)10-2-1-3-11(8-10)14-17-6-7-18-14/h1-5,8-9,14H,6-7H2,(H2,15,16). The molecule has 1 saturated heterocycles. The van der Waals surface area contributed by atoms with E-state index in [0.717, 1.165) is 16.7 Å². The van der Waals surface area contributed by atoms with E-state index in [4.69, 9.17) is 15.2 Å². The van der Waals surface area contributed by atoms with Gasteiger partial charge in [0.15, 0.2) is 6.29 Å². The van der Waals surface area contributed by atoms with Crippen molar-refractivity contribution >= 4 is 5.82 Å². The fourth-order valence-corrected chi connectivity index (χ4v) is 1.99. The van der Waals surface area contributed by atoms with E-state index in [-0.39, 0.29) is 6.29 Å². The average Bonchev–Trinajstić information content (AvgIpc) is 2.94. The van der Waals surface area contributed by atoms with Crippen molar-refractivity contribution in [3.05, 3.63) is 48.2 Å². The first kappa shape index (κ1) is 11.2. The Kier molecular flexibility index (Phi) is 2.96. The minimum atomic E-state index is -0.244. The molecule has 1 aliphatic rings. The summed E-state index contributed by atoms with van der Waals surface area (Å²) < 4.78 is 11.0. The Balaban J connectivity index is 1.92. The van der Waals surface area contributed by atoms with Crippen LogP contribution in [0.15, 0.2) is 42.6 Å². The highest BCUT2D eigenvalue weighted by atomic mass is 16.7. The molecule has 0 aliphatic carbocycles. The largest absolute Gasteiger partial charge is 0.384 e. The fraction of sp³-hybridized carbons (Fsp3) is 0.214. The number of rotatable bonds is 2. The number of nitrogens with zero attached hydrogens (tertiary/aromatic N) is 1. The van der Waals surface area contributed by atoms with Gasteiger partial charge in [-0.3, -0.25) is 0 Å². The highest BCUT2D eigenvalue weighted by molar-refractivity contribution is 5.64. The summed E-state index contributed by atoms with van der Waals surface area (Å²) in [5.41, 5.74) is 8.73. The second-order valence-electron chi connectivity index (χ2n) is 4.17. The summed E-state index contributed by atoms with van der Waals surface area (Å²) in [4.78, 5) is 4.10. The van der Waals surface area contributed by atoms with Gasteiger partial charge in [-0.2, -0.15) is 0 Å². The van der Waals surface area contributed by atoms with E-state index < -0.39 is 0 Å². The van der Waals surface area contributed by atoms with Crippen molar-refractivity contribution < 1.29 is 9.47 Å². The molecule has 2 N–H and O–H groups in total. The van der Waals surface area contributed by atoms with Crippen molar-refractivity contribution in [1.82, 2.24) is 4.98 Å². The van der Waals surface area contributed by atoms with E-state index in [9.17, 15) is 0 Å². The van der Waals surface area contributed by atoms with Gasteiger partial charge in [-0.25, -0.2) is 4.98 Å². The van der Waals surface area contributed by atoms with Gasteiger partial charge in [-0.15, -0.1) is 0 Å². The summed E-state index contributed by atoms with van der Waals surface area (Å²) in [6.45, 7) is 1.30. The summed E-state index contributed by atoms with van der Waals surface area (Å²) in [5.74, 6) is 0.525. The molecule has 0 atom stereocenters. The number of aromatic nitrogens is 1. The highest BCUT2D eigenvalue weighted by Gasteiger charge is 2.18. The third-order valence-corrected chi connectivity index (χ3v) is 2.90. The third-order valence-electron chi connectivity index (χ3n) is 2.90. The van der Waals surface area contributed by atoms with Crippen molar-refractivity contribution in [3.8, 4) is 11.1 Å². The zero-order valence-corrected chi connectivity index (χ0v) is 9.87. The minimum absolute atomic E-state index is 0.244. The molecular weight excluding hydrogens is 228 g/mol. The Labute approximate surface area is 105 Å². The van der Waals surface area contributed by atoms with Gasteiger partial charge in [0.25, 0.3) is 0 Å². The fourth-order valence-electron chi connectivity index (χ4n) is 1.99. The molecule has 92 valence electrons. The Hall–Kier alpha value is -1.91. The second-order valence-corrected chi connectivity index (χ2v) is 4.17. The van der Waals surface area contributed by atoms with Gasteiger partial charge in [0, 0.05) is 17.3 Å². The van der Waals surface area contributed by atoms with Gasteiger partial charge >= 0.3 is 0 Å². The minimum Gasteiger partial charge on any atom is -0.384 e. The third kappa shape index (κ3) is 2.20. The number of hydrogen-bond donors (Lipinski definition) is 1. The van der Waals surface area contributed by atoms with Crippen LogP contribution in [0.5, 0.6) is 0 Å². The zero-order chi connectivity index (χ0) is 12.4. The number of hydrogen-bond acceptors (Lipinski definition) is 4. The molecule has 1 aromatic carbocycles. The lowest BCUT2D eigenvalue weighted by atomic mass is 10.0. The van der Waals surface area contributed by atoms with Crippen molar-refractivity contribution in [3.63, 3.8) is 0 Å². The maximum Gasteiger partial charge on any atom is 0.184 e. The summed E-state index contributed by atoms with van der Waals surface area (Å²) in [6, 6.07) is 11.8. The first-order valence-corrected chi connectivity index (χ1v) is 5.88. The Bertz CT molecular complexity index is 534. The molecular formula is C14H14N2O2. The van der Waals surface area contributed by atoms with Gasteiger partial charge in [0.05, 0.1) is 13.2 Å². The molecule has 0 unspecified atom stereocenters. The lowest BCUT2D eigenvalue weighted by Gasteiger charge is -2.11. The monoisotopic (exact) mass is 242 g/mol. The quantitative estimate of drug-likeness (QED) is 0.878. The number of nitrogens with two attached hydrogens (primary N) is 1. The van der Waals surface area contributed by atoms with Crippen molar-refractivity contribution in [2.75, 3.05) is 18.9 Å². The number of pyridine rings is 1. The van der Waals surface area contributed by atoms with E-state index in [1.807, 2.05) is 24.3 Å². The molecule has 0 saturated carbocycles. The van der Waals surface area contributed by atoms with Gasteiger partial charge in [0.2, 0.25) is 0 Å². The maximum atomic E-state index is 5.58. The molecule has 1 fully saturated rings. The number of nitrogen functional groups attached to an aromatic ring is 1. The normalized spacial score (nSPS) is 16.0. The molecule has 4 nitrogen and oxygen atoms in total. The Morgan fingerprint density at radius 2 is 1.89 bits per heavy atom. The van der Waals surface area contributed by atoms with Crippen LogP contribution in [0.25, 0.3) is 11.1 Å². The van der Waals surface area contributed by atoms with Gasteiger partial charge in [-0.05, 0) is 23.8 Å². The topological polar surface area (TPSA) is 57.4 Å². The van der Waals surface area contributed by atoms with Crippen LogP contribution in [0.4, 0.5) is 5.82 Å². The predicted octanol–water partition coefficient (Wildman–Crippen LogP) is 2.38. The van der Waals surface area contributed by atoms with E-state index in [0.29, 0.717) is 19.0 Å². The second kappa shape index (κ2) is 4.76. The van der Waals surface area contributed by atoms with E-state index in [2.05, 4.69) is 11.1 Å². The molecule has 0 spiro atoms. The van der Waals surface area contributed by atoms with Crippen molar-refractivity contribution in [1.29, 1.82) is 0 Å². The molecule has 0 bridgehead atoms. The average molecular weight is 242 g/mol. The summed E-state index contributed by atoms with van der Waals surface area (Å²) >= 11 is 0. The van der Waals surface area contributed by atoms with E-state index in [1.165, 1.54) is 0 Å². The SMILES string of the molecule is Nc1ccc(-c2cccc(C3OCCO3)c2)cn1. The molecule has 2 aromatic rings. The zero-order valence-electron chi connectivity index (χ0n) is 9.87. The highest BCUT2D eigenvalue weighted by Crippen LogP contribution is 2.27. The molecule has 1 aromatic heterocycles. The molecule has 1 aliphatic heterocycles. The first-order valence-electron chi connectivity index (χ1n) is 5.88. The van der Waals surface area contributed by atoms with Crippen LogP contribution >= 0.6 is 0 Å². The van der Waals surface area contributed by atoms with Crippen LogP contribution < -0.4 is 5.73 Å². The molecule has 0 amide bonds. The Morgan fingerprint density at radius 3 is 2.61 bits per heavy atom. The van der Waals surface area contributed by atoms with Gasteiger partial charge in [-0.1, -0.05) is 18.2 Å². The van der Waals surface area contributed by atoms with Crippen molar-refractivity contribution in [2.45, 2.75) is 6.29 Å². The summed E-state index contributed by atoms with van der Waals surface area (Å²) in [5, 5.41) is 0.